The molecule has 94 valence electrons. The molecule has 0 unspecified atom stereocenters. The Balaban J connectivity index is 2.98. The third-order valence-electron chi connectivity index (χ3n) is 2.06. The Hall–Kier alpha value is -1.04. The molecule has 0 saturated carbocycles. The number of rotatable bonds is 4. The van der Waals surface area contributed by atoms with E-state index in [2.05, 4.69) is 20.7 Å². The lowest BCUT2D eigenvalue weighted by atomic mass is 10.0. The molecule has 0 radical (unpaired) electrons. The first-order chi connectivity index (χ1) is 7.83. The molecule has 0 aromatic heterocycles. The van der Waals surface area contributed by atoms with Gasteiger partial charge in [0.2, 0.25) is 0 Å². The molecule has 0 aliphatic heterocycles. The molecule has 1 aromatic carbocycles. The molecule has 0 saturated heterocycles. The summed E-state index contributed by atoms with van der Waals surface area (Å²) >= 11 is 3.11. The molecule has 0 fully saturated rings. The lowest BCUT2D eigenvalue weighted by molar-refractivity contribution is -0.274. The smallest absolute Gasteiger partial charge is 0.406 e. The quantitative estimate of drug-likeness (QED) is 0.623. The molecule has 1 rings (SSSR count). The number of Topliss-reactive ketones (excluding diaryl/α,β-unsaturated/α-hetero) is 1. The van der Waals surface area contributed by atoms with Crippen molar-refractivity contribution in [3.8, 4) is 5.75 Å². The molecule has 0 amide bonds. The Morgan fingerprint density at radius 1 is 1.41 bits per heavy atom. The minimum absolute atomic E-state index is 0.216. The Labute approximate surface area is 105 Å². The van der Waals surface area contributed by atoms with Gasteiger partial charge in [-0.25, -0.2) is 0 Å². The zero-order chi connectivity index (χ0) is 13.1. The van der Waals surface area contributed by atoms with Crippen LogP contribution in [0.15, 0.2) is 18.2 Å². The summed E-state index contributed by atoms with van der Waals surface area (Å²) in [5.41, 5.74) is 0.886. The SMILES string of the molecule is Cc1ccc(OC(F)(F)F)cc1C(=O)CCBr. The van der Waals surface area contributed by atoms with E-state index in [0.717, 1.165) is 6.07 Å². The van der Waals surface area contributed by atoms with Crippen LogP contribution in [0.25, 0.3) is 0 Å². The van der Waals surface area contributed by atoms with Crippen LogP contribution in [-0.2, 0) is 0 Å². The average molecular weight is 311 g/mol. The van der Waals surface area contributed by atoms with Gasteiger partial charge in [-0.1, -0.05) is 22.0 Å². The van der Waals surface area contributed by atoms with Gasteiger partial charge in [0.05, 0.1) is 0 Å². The molecule has 0 bridgehead atoms. The van der Waals surface area contributed by atoms with E-state index in [0.29, 0.717) is 10.9 Å². The second-order valence-electron chi connectivity index (χ2n) is 3.39. The fourth-order valence-electron chi connectivity index (χ4n) is 1.32. The van der Waals surface area contributed by atoms with Gasteiger partial charge in [-0.3, -0.25) is 4.79 Å². The third-order valence-corrected chi connectivity index (χ3v) is 2.46. The molecule has 17 heavy (non-hydrogen) atoms. The lowest BCUT2D eigenvalue weighted by Gasteiger charge is -2.11. The summed E-state index contributed by atoms with van der Waals surface area (Å²) in [6.07, 6.45) is -4.51. The van der Waals surface area contributed by atoms with Crippen LogP contribution in [-0.4, -0.2) is 17.5 Å². The largest absolute Gasteiger partial charge is 0.573 e. The fourth-order valence-corrected chi connectivity index (χ4v) is 1.68. The number of aryl methyl sites for hydroxylation is 1. The van der Waals surface area contributed by atoms with Gasteiger partial charge in [0, 0.05) is 17.3 Å². The van der Waals surface area contributed by atoms with Crippen LogP contribution >= 0.6 is 15.9 Å². The highest BCUT2D eigenvalue weighted by Crippen LogP contribution is 2.25. The van der Waals surface area contributed by atoms with Crippen LogP contribution < -0.4 is 4.74 Å². The van der Waals surface area contributed by atoms with Crippen LogP contribution in [0.5, 0.6) is 5.75 Å². The number of hydrogen-bond acceptors (Lipinski definition) is 2. The summed E-state index contributed by atoms with van der Waals surface area (Å²) < 4.78 is 39.8. The summed E-state index contributed by atoms with van der Waals surface area (Å²) in [6, 6.07) is 3.74. The van der Waals surface area contributed by atoms with E-state index >= 15 is 0 Å². The second kappa shape index (κ2) is 5.53. The summed E-state index contributed by atoms with van der Waals surface area (Å²) in [5.74, 6) is -0.590. The van der Waals surface area contributed by atoms with Crippen molar-refractivity contribution < 1.29 is 22.7 Å². The van der Waals surface area contributed by atoms with Crippen molar-refractivity contribution in [2.24, 2.45) is 0 Å². The first kappa shape index (κ1) is 14.0. The van der Waals surface area contributed by atoms with Crippen LogP contribution in [0.4, 0.5) is 13.2 Å². The van der Waals surface area contributed by atoms with E-state index in [1.807, 2.05) is 0 Å². The van der Waals surface area contributed by atoms with Crippen LogP contribution in [0.2, 0.25) is 0 Å². The van der Waals surface area contributed by atoms with E-state index in [1.165, 1.54) is 12.1 Å². The summed E-state index contributed by atoms with van der Waals surface area (Å²) in [7, 11) is 0. The fraction of sp³-hybridized carbons (Fsp3) is 0.364. The van der Waals surface area contributed by atoms with Gasteiger partial charge < -0.3 is 4.74 Å². The van der Waals surface area contributed by atoms with Gasteiger partial charge in [-0.15, -0.1) is 13.2 Å². The normalized spacial score (nSPS) is 11.4. The number of hydrogen-bond donors (Lipinski definition) is 0. The highest BCUT2D eigenvalue weighted by Gasteiger charge is 2.31. The summed E-state index contributed by atoms with van der Waals surface area (Å²) in [5, 5.41) is 0.468. The van der Waals surface area contributed by atoms with E-state index in [9.17, 15) is 18.0 Å². The first-order valence-corrected chi connectivity index (χ1v) is 5.91. The van der Waals surface area contributed by atoms with Gasteiger partial charge in [0.25, 0.3) is 0 Å². The van der Waals surface area contributed by atoms with Crippen molar-refractivity contribution in [1.82, 2.24) is 0 Å². The van der Waals surface area contributed by atoms with Crippen molar-refractivity contribution in [1.29, 1.82) is 0 Å². The molecule has 0 aliphatic carbocycles. The Morgan fingerprint density at radius 3 is 2.59 bits per heavy atom. The molecule has 0 N–H and O–H groups in total. The van der Waals surface area contributed by atoms with Crippen molar-refractivity contribution in [3.63, 3.8) is 0 Å². The van der Waals surface area contributed by atoms with Crippen molar-refractivity contribution in [2.45, 2.75) is 19.7 Å². The van der Waals surface area contributed by atoms with Crippen LogP contribution in [0.3, 0.4) is 0 Å². The molecule has 1 aromatic rings. The highest BCUT2D eigenvalue weighted by atomic mass is 79.9. The maximum Gasteiger partial charge on any atom is 0.573 e. The van der Waals surface area contributed by atoms with Crippen LogP contribution in [0.1, 0.15) is 22.3 Å². The predicted octanol–water partition coefficient (Wildman–Crippen LogP) is 3.86. The molecule has 2 nitrogen and oxygen atoms in total. The topological polar surface area (TPSA) is 26.3 Å². The number of alkyl halides is 4. The Morgan fingerprint density at radius 2 is 2.06 bits per heavy atom. The predicted molar refractivity (Wildman–Crippen MR) is 60.6 cm³/mol. The molecule has 0 heterocycles. The Kier molecular flexibility index (Phi) is 4.56. The minimum Gasteiger partial charge on any atom is -0.406 e. The number of ketones is 1. The highest BCUT2D eigenvalue weighted by molar-refractivity contribution is 9.09. The number of carbonyl (C=O) groups is 1. The summed E-state index contributed by atoms with van der Waals surface area (Å²) in [6.45, 7) is 1.67. The van der Waals surface area contributed by atoms with Crippen LogP contribution in [0, 0.1) is 6.92 Å². The molecular formula is C11H10BrF3O2. The monoisotopic (exact) mass is 310 g/mol. The zero-order valence-corrected chi connectivity index (χ0v) is 10.6. The van der Waals surface area contributed by atoms with E-state index < -0.39 is 6.36 Å². The number of halogens is 4. The molecule has 6 heteroatoms. The molecule has 0 spiro atoms. The van der Waals surface area contributed by atoms with Gasteiger partial charge in [-0.05, 0) is 24.6 Å². The molecule has 0 aliphatic rings. The third kappa shape index (κ3) is 4.38. The van der Waals surface area contributed by atoms with E-state index in [1.54, 1.807) is 6.92 Å². The number of carbonyl (C=O) groups excluding carboxylic acids is 1. The maximum absolute atomic E-state index is 12.0. The van der Waals surface area contributed by atoms with Gasteiger partial charge in [-0.2, -0.15) is 0 Å². The van der Waals surface area contributed by atoms with E-state index in [4.69, 9.17) is 0 Å². The van der Waals surface area contributed by atoms with E-state index in [-0.39, 0.29) is 23.5 Å². The van der Waals surface area contributed by atoms with Gasteiger partial charge in [0.15, 0.2) is 5.78 Å². The number of benzene rings is 1. The second-order valence-corrected chi connectivity index (χ2v) is 4.18. The van der Waals surface area contributed by atoms with Gasteiger partial charge >= 0.3 is 6.36 Å². The standard InChI is InChI=1S/C11H10BrF3O2/c1-7-2-3-8(17-11(13,14)15)6-9(7)10(16)4-5-12/h2-3,6H,4-5H2,1H3. The number of ether oxygens (including phenoxy) is 1. The minimum atomic E-state index is -4.75. The van der Waals surface area contributed by atoms with Crippen molar-refractivity contribution in [3.05, 3.63) is 29.3 Å². The average Bonchev–Trinajstić information content (AvgIpc) is 2.19. The molecule has 0 atom stereocenters. The lowest BCUT2D eigenvalue weighted by Crippen LogP contribution is -2.17. The zero-order valence-electron chi connectivity index (χ0n) is 8.97. The first-order valence-electron chi connectivity index (χ1n) is 4.79. The Bertz CT molecular complexity index is 416. The maximum atomic E-state index is 12.0. The summed E-state index contributed by atoms with van der Waals surface area (Å²) in [4.78, 5) is 11.6. The van der Waals surface area contributed by atoms with Crippen molar-refractivity contribution >= 4 is 21.7 Å². The molecular weight excluding hydrogens is 301 g/mol. The van der Waals surface area contributed by atoms with Gasteiger partial charge in [0.1, 0.15) is 5.75 Å². The van der Waals surface area contributed by atoms with Crippen molar-refractivity contribution in [2.75, 3.05) is 5.33 Å².